The largest absolute Gasteiger partial charge is 0.444 e. The number of alkyl carbamates (subject to hydrolysis) is 1. The topological polar surface area (TPSA) is 97.3 Å². The molecule has 0 bridgehead atoms. The number of nitrogens with zero attached hydrogens (tertiary/aromatic N) is 2. The zero-order valence-corrected chi connectivity index (χ0v) is 23.5. The summed E-state index contributed by atoms with van der Waals surface area (Å²) in [6, 6.07) is 23.0. The molecule has 4 aromatic rings. The summed E-state index contributed by atoms with van der Waals surface area (Å²) in [6.07, 6.45) is 0.426. The second-order valence-electron chi connectivity index (χ2n) is 11.2. The Balaban J connectivity index is 1.55. The molecule has 3 amide bonds. The number of aromatic nitrogens is 2. The molecule has 0 unspecified atom stereocenters. The molecule has 3 N–H and O–H groups in total. The summed E-state index contributed by atoms with van der Waals surface area (Å²) in [4.78, 5) is 25.1. The second kappa shape index (κ2) is 11.2. The van der Waals surface area contributed by atoms with E-state index in [4.69, 9.17) is 9.84 Å². The van der Waals surface area contributed by atoms with Gasteiger partial charge in [-0.05, 0) is 56.3 Å². The summed E-state index contributed by atoms with van der Waals surface area (Å²) in [5.41, 5.74) is 2.57. The highest BCUT2D eigenvalue weighted by Crippen LogP contribution is 2.30. The fourth-order valence-corrected chi connectivity index (χ4v) is 4.03. The molecule has 1 heterocycles. The van der Waals surface area contributed by atoms with Gasteiger partial charge >= 0.3 is 12.1 Å². The number of ether oxygens (including phenoxy) is 1. The van der Waals surface area contributed by atoms with E-state index in [1.54, 1.807) is 4.68 Å². The van der Waals surface area contributed by atoms with Gasteiger partial charge in [-0.3, -0.25) is 5.32 Å². The lowest BCUT2D eigenvalue weighted by Gasteiger charge is -2.19. The highest BCUT2D eigenvalue weighted by Gasteiger charge is 2.24. The van der Waals surface area contributed by atoms with E-state index in [-0.39, 0.29) is 11.4 Å². The van der Waals surface area contributed by atoms with Crippen LogP contribution >= 0.6 is 0 Å². The maximum atomic E-state index is 13.1. The Labute approximate surface area is 229 Å². The van der Waals surface area contributed by atoms with Gasteiger partial charge in [0.25, 0.3) is 0 Å². The Morgan fingerprint density at radius 2 is 1.59 bits per heavy atom. The molecular formula is C31H37N5O3. The van der Waals surface area contributed by atoms with E-state index in [9.17, 15) is 9.59 Å². The van der Waals surface area contributed by atoms with Crippen LogP contribution in [0.5, 0.6) is 0 Å². The maximum Gasteiger partial charge on any atom is 0.407 e. The highest BCUT2D eigenvalue weighted by atomic mass is 16.6. The van der Waals surface area contributed by atoms with Crippen molar-refractivity contribution >= 4 is 34.4 Å². The van der Waals surface area contributed by atoms with Crippen molar-refractivity contribution in [1.82, 2.24) is 15.1 Å². The standard InChI is InChI=1S/C31H37N5O3/c1-7-31(5,6)26-19-27(34-28(37)33-25-14-10-12-22-11-8-9-13-24(22)25)36(35-26)23-17-15-21(16-18-23)20-32-29(38)39-30(2,3)4/h8-19H,7,20H2,1-6H3,(H,32,38)(H2,33,34,37). The van der Waals surface area contributed by atoms with Gasteiger partial charge in [0, 0.05) is 23.4 Å². The van der Waals surface area contributed by atoms with Gasteiger partial charge in [0.05, 0.1) is 17.1 Å². The third-order valence-corrected chi connectivity index (χ3v) is 6.58. The molecule has 0 fully saturated rings. The van der Waals surface area contributed by atoms with Crippen molar-refractivity contribution in [1.29, 1.82) is 0 Å². The number of rotatable bonds is 7. The number of nitrogens with one attached hydrogen (secondary N) is 3. The second-order valence-corrected chi connectivity index (χ2v) is 11.2. The van der Waals surface area contributed by atoms with Gasteiger partial charge < -0.3 is 15.4 Å². The minimum absolute atomic E-state index is 0.176. The summed E-state index contributed by atoms with van der Waals surface area (Å²) in [5, 5.41) is 15.6. The predicted molar refractivity (Wildman–Crippen MR) is 157 cm³/mol. The van der Waals surface area contributed by atoms with Gasteiger partial charge in [-0.25, -0.2) is 14.3 Å². The molecule has 39 heavy (non-hydrogen) atoms. The number of urea groups is 1. The van der Waals surface area contributed by atoms with E-state index in [0.717, 1.165) is 39.8 Å². The van der Waals surface area contributed by atoms with E-state index < -0.39 is 11.7 Å². The van der Waals surface area contributed by atoms with Crippen LogP contribution in [-0.2, 0) is 16.7 Å². The highest BCUT2D eigenvalue weighted by molar-refractivity contribution is 6.06. The number of anilines is 2. The molecule has 0 aliphatic heterocycles. The zero-order valence-electron chi connectivity index (χ0n) is 23.5. The Morgan fingerprint density at radius 3 is 2.28 bits per heavy atom. The van der Waals surface area contributed by atoms with E-state index >= 15 is 0 Å². The quantitative estimate of drug-likeness (QED) is 0.234. The first kappa shape index (κ1) is 27.7. The van der Waals surface area contributed by atoms with E-state index in [2.05, 4.69) is 36.7 Å². The van der Waals surface area contributed by atoms with Gasteiger partial charge in [0.15, 0.2) is 0 Å². The average molecular weight is 528 g/mol. The van der Waals surface area contributed by atoms with Gasteiger partial charge in [-0.1, -0.05) is 69.3 Å². The first-order chi connectivity index (χ1) is 18.4. The molecule has 0 aliphatic carbocycles. The smallest absolute Gasteiger partial charge is 0.407 e. The molecule has 0 saturated heterocycles. The molecule has 4 rings (SSSR count). The number of carbonyl (C=O) groups excluding carboxylic acids is 2. The fraction of sp³-hybridized carbons (Fsp3) is 0.323. The van der Waals surface area contributed by atoms with Crippen LogP contribution in [0.2, 0.25) is 0 Å². The first-order valence-electron chi connectivity index (χ1n) is 13.2. The van der Waals surface area contributed by atoms with Gasteiger partial charge in [-0.2, -0.15) is 5.10 Å². The maximum absolute atomic E-state index is 13.1. The molecule has 0 aliphatic rings. The SMILES string of the molecule is CCC(C)(C)c1cc(NC(=O)Nc2cccc3ccccc23)n(-c2ccc(CNC(=O)OC(C)(C)C)cc2)n1. The molecule has 0 atom stereocenters. The third-order valence-electron chi connectivity index (χ3n) is 6.58. The van der Waals surface area contributed by atoms with Crippen molar-refractivity contribution in [2.45, 2.75) is 65.5 Å². The van der Waals surface area contributed by atoms with Crippen LogP contribution < -0.4 is 16.0 Å². The number of carbonyl (C=O) groups is 2. The summed E-state index contributed by atoms with van der Waals surface area (Å²) in [5.74, 6) is 0.559. The Bertz CT molecular complexity index is 1460. The lowest BCUT2D eigenvalue weighted by atomic mass is 9.87. The van der Waals surface area contributed by atoms with Crippen LogP contribution in [0.15, 0.2) is 72.8 Å². The Hall–Kier alpha value is -4.33. The summed E-state index contributed by atoms with van der Waals surface area (Å²) < 4.78 is 7.04. The van der Waals surface area contributed by atoms with Gasteiger partial charge in [-0.15, -0.1) is 0 Å². The summed E-state index contributed by atoms with van der Waals surface area (Å²) >= 11 is 0. The summed E-state index contributed by atoms with van der Waals surface area (Å²) in [7, 11) is 0. The van der Waals surface area contributed by atoms with Crippen molar-refractivity contribution in [3.63, 3.8) is 0 Å². The lowest BCUT2D eigenvalue weighted by Crippen LogP contribution is -2.32. The van der Waals surface area contributed by atoms with Crippen molar-refractivity contribution in [3.05, 3.63) is 84.1 Å². The van der Waals surface area contributed by atoms with Crippen LogP contribution in [0.25, 0.3) is 16.5 Å². The van der Waals surface area contributed by atoms with Crippen LogP contribution in [0.1, 0.15) is 59.2 Å². The van der Waals surface area contributed by atoms with Crippen LogP contribution in [0, 0.1) is 0 Å². The number of fused-ring (bicyclic) bond motifs is 1. The Kier molecular flexibility index (Phi) is 7.95. The van der Waals surface area contributed by atoms with Crippen LogP contribution in [-0.4, -0.2) is 27.5 Å². The normalized spacial score (nSPS) is 11.7. The Morgan fingerprint density at radius 1 is 0.897 bits per heavy atom. The molecule has 204 valence electrons. The van der Waals surface area contributed by atoms with E-state index in [0.29, 0.717) is 12.4 Å². The van der Waals surface area contributed by atoms with Crippen molar-refractivity contribution in [2.24, 2.45) is 0 Å². The predicted octanol–water partition coefficient (Wildman–Crippen LogP) is 7.38. The van der Waals surface area contributed by atoms with E-state index in [1.165, 1.54) is 0 Å². The van der Waals surface area contributed by atoms with Crippen LogP contribution in [0.4, 0.5) is 21.1 Å². The van der Waals surface area contributed by atoms with Crippen molar-refractivity contribution in [3.8, 4) is 5.69 Å². The van der Waals surface area contributed by atoms with Crippen molar-refractivity contribution < 1.29 is 14.3 Å². The number of amides is 3. The lowest BCUT2D eigenvalue weighted by molar-refractivity contribution is 0.0523. The van der Waals surface area contributed by atoms with Gasteiger partial charge in [0.1, 0.15) is 11.4 Å². The monoisotopic (exact) mass is 527 g/mol. The third kappa shape index (κ3) is 6.96. The molecule has 0 saturated carbocycles. The molecule has 1 aromatic heterocycles. The molecule has 3 aromatic carbocycles. The minimum atomic E-state index is -0.554. The first-order valence-corrected chi connectivity index (χ1v) is 13.2. The average Bonchev–Trinajstić information content (AvgIpc) is 3.31. The molecule has 0 spiro atoms. The summed E-state index contributed by atoms with van der Waals surface area (Å²) in [6.45, 7) is 12.2. The van der Waals surface area contributed by atoms with E-state index in [1.807, 2.05) is 93.6 Å². The van der Waals surface area contributed by atoms with Crippen LogP contribution in [0.3, 0.4) is 0 Å². The number of hydrogen-bond acceptors (Lipinski definition) is 4. The molecule has 0 radical (unpaired) electrons. The fourth-order valence-electron chi connectivity index (χ4n) is 4.03. The minimum Gasteiger partial charge on any atom is -0.444 e. The molecule has 8 nitrogen and oxygen atoms in total. The number of hydrogen-bond donors (Lipinski definition) is 3. The zero-order chi connectivity index (χ0) is 28.2. The number of benzene rings is 3. The molecule has 8 heteroatoms. The molecular weight excluding hydrogens is 490 g/mol. The van der Waals surface area contributed by atoms with Gasteiger partial charge in [0.2, 0.25) is 0 Å². The van der Waals surface area contributed by atoms with Crippen molar-refractivity contribution in [2.75, 3.05) is 10.6 Å².